The number of rotatable bonds is 2. The van der Waals surface area contributed by atoms with E-state index in [4.69, 9.17) is 4.74 Å². The minimum atomic E-state index is -0.934. The molecule has 0 bridgehead atoms. The fourth-order valence-corrected chi connectivity index (χ4v) is 1.19. The lowest BCUT2D eigenvalue weighted by molar-refractivity contribution is -0.384. The molecule has 1 amide bonds. The summed E-state index contributed by atoms with van der Waals surface area (Å²) in [6.45, 7) is 4.94. The third kappa shape index (κ3) is 4.92. The predicted molar refractivity (Wildman–Crippen MR) is 67.9 cm³/mol. The van der Waals surface area contributed by atoms with E-state index in [-0.39, 0.29) is 11.3 Å². The number of non-ortho nitro benzene ring substituents is 1. The number of hydroxylamine groups is 1. The van der Waals surface area contributed by atoms with Crippen LogP contribution in [0.1, 0.15) is 31.1 Å². The first kappa shape index (κ1) is 15.4. The summed E-state index contributed by atoms with van der Waals surface area (Å²) in [5.74, 6) is -0.931. The van der Waals surface area contributed by atoms with Gasteiger partial charge in [0.15, 0.2) is 0 Å². The van der Waals surface area contributed by atoms with Crippen LogP contribution in [0.4, 0.5) is 10.5 Å². The molecular formula is C12H14N2O6. The number of nitrogens with zero attached hydrogens (tertiary/aromatic N) is 1. The number of amides is 1. The molecule has 1 rings (SSSR count). The van der Waals surface area contributed by atoms with Gasteiger partial charge >= 0.3 is 12.1 Å². The zero-order valence-electron chi connectivity index (χ0n) is 11.2. The highest BCUT2D eigenvalue weighted by Gasteiger charge is 2.18. The molecule has 0 heterocycles. The predicted octanol–water partition coefficient (Wildman–Crippen LogP) is 2.19. The van der Waals surface area contributed by atoms with Crippen LogP contribution in [0.15, 0.2) is 24.3 Å². The van der Waals surface area contributed by atoms with Crippen molar-refractivity contribution >= 4 is 17.7 Å². The van der Waals surface area contributed by atoms with Crippen molar-refractivity contribution in [2.24, 2.45) is 0 Å². The van der Waals surface area contributed by atoms with Crippen LogP contribution in [-0.4, -0.2) is 22.6 Å². The third-order valence-electron chi connectivity index (χ3n) is 1.92. The molecule has 0 aliphatic heterocycles. The van der Waals surface area contributed by atoms with E-state index >= 15 is 0 Å². The summed E-state index contributed by atoms with van der Waals surface area (Å²) in [6.07, 6.45) is -0.934. The Labute approximate surface area is 114 Å². The second-order valence-corrected chi connectivity index (χ2v) is 4.80. The Kier molecular flexibility index (Phi) is 4.63. The van der Waals surface area contributed by atoms with Gasteiger partial charge in [-0.3, -0.25) is 10.1 Å². The second kappa shape index (κ2) is 6.00. The summed E-state index contributed by atoms with van der Waals surface area (Å²) < 4.78 is 4.85. The van der Waals surface area contributed by atoms with Gasteiger partial charge in [-0.1, -0.05) is 6.07 Å². The van der Waals surface area contributed by atoms with Crippen LogP contribution in [0.2, 0.25) is 0 Å². The van der Waals surface area contributed by atoms with Crippen molar-refractivity contribution in [2.75, 3.05) is 0 Å². The van der Waals surface area contributed by atoms with Crippen molar-refractivity contribution in [2.45, 2.75) is 26.4 Å². The van der Waals surface area contributed by atoms with Gasteiger partial charge in [-0.15, -0.1) is 5.48 Å². The number of hydrogen-bond acceptors (Lipinski definition) is 6. The second-order valence-electron chi connectivity index (χ2n) is 4.80. The highest BCUT2D eigenvalue weighted by molar-refractivity contribution is 5.90. The van der Waals surface area contributed by atoms with Gasteiger partial charge in [-0.2, -0.15) is 0 Å². The molecule has 0 aliphatic carbocycles. The molecule has 0 saturated heterocycles. The molecule has 1 aromatic rings. The van der Waals surface area contributed by atoms with E-state index in [0.717, 1.165) is 6.07 Å². The molecule has 1 aromatic carbocycles. The Morgan fingerprint density at radius 3 is 2.50 bits per heavy atom. The van der Waals surface area contributed by atoms with Crippen molar-refractivity contribution < 1.29 is 24.1 Å². The van der Waals surface area contributed by atoms with Crippen molar-refractivity contribution in [1.82, 2.24) is 5.48 Å². The van der Waals surface area contributed by atoms with Gasteiger partial charge in [0.1, 0.15) is 5.60 Å². The zero-order chi connectivity index (χ0) is 15.3. The van der Waals surface area contributed by atoms with E-state index in [1.165, 1.54) is 18.2 Å². The summed E-state index contributed by atoms with van der Waals surface area (Å²) in [7, 11) is 0. The summed E-state index contributed by atoms with van der Waals surface area (Å²) in [5.41, 5.74) is 0.759. The first-order chi connectivity index (χ1) is 9.19. The standard InChI is InChI=1S/C12H14N2O6/c1-12(2,3)19-11(16)13-20-10(15)8-5-4-6-9(7-8)14(17)18/h4-7H,1-3H3,(H,13,16). The minimum absolute atomic E-state index is 0.0599. The van der Waals surface area contributed by atoms with Crippen molar-refractivity contribution in [3.63, 3.8) is 0 Å². The van der Waals surface area contributed by atoms with E-state index in [2.05, 4.69) is 4.84 Å². The maximum atomic E-state index is 11.6. The average molecular weight is 282 g/mol. The number of carbonyl (C=O) groups is 2. The van der Waals surface area contributed by atoms with Gasteiger partial charge in [0.2, 0.25) is 0 Å². The molecule has 8 nitrogen and oxygen atoms in total. The molecule has 0 radical (unpaired) electrons. The Bertz CT molecular complexity index is 535. The van der Waals surface area contributed by atoms with Crippen molar-refractivity contribution in [3.8, 4) is 0 Å². The highest BCUT2D eigenvalue weighted by Crippen LogP contribution is 2.13. The fraction of sp³-hybridized carbons (Fsp3) is 0.333. The number of nitro benzene ring substituents is 1. The number of hydrogen-bond donors (Lipinski definition) is 1. The monoisotopic (exact) mass is 282 g/mol. The van der Waals surface area contributed by atoms with E-state index < -0.39 is 22.6 Å². The van der Waals surface area contributed by atoms with E-state index in [1.807, 2.05) is 0 Å². The molecule has 108 valence electrons. The molecule has 0 aliphatic rings. The molecular weight excluding hydrogens is 268 g/mol. The summed E-state index contributed by atoms with van der Waals surface area (Å²) in [6, 6.07) is 4.94. The quantitative estimate of drug-likeness (QED) is 0.658. The van der Waals surface area contributed by atoms with Crippen LogP contribution in [0.25, 0.3) is 0 Å². The molecule has 8 heteroatoms. The van der Waals surface area contributed by atoms with Gasteiger partial charge in [0.05, 0.1) is 10.5 Å². The topological polar surface area (TPSA) is 108 Å². The summed E-state index contributed by atoms with van der Waals surface area (Å²) in [5, 5.41) is 10.6. The molecule has 0 fully saturated rings. The van der Waals surface area contributed by atoms with E-state index in [1.54, 1.807) is 26.3 Å². The van der Waals surface area contributed by atoms with E-state index in [0.29, 0.717) is 0 Å². The maximum Gasteiger partial charge on any atom is 0.441 e. The fourth-order valence-electron chi connectivity index (χ4n) is 1.19. The molecule has 0 unspecified atom stereocenters. The van der Waals surface area contributed by atoms with Crippen molar-refractivity contribution in [3.05, 3.63) is 39.9 Å². The zero-order valence-corrected chi connectivity index (χ0v) is 11.2. The number of carbonyl (C=O) groups excluding carboxylic acids is 2. The van der Waals surface area contributed by atoms with Gasteiger partial charge in [0, 0.05) is 12.1 Å². The van der Waals surface area contributed by atoms with Crippen LogP contribution in [-0.2, 0) is 9.57 Å². The smallest absolute Gasteiger partial charge is 0.441 e. The first-order valence-corrected chi connectivity index (χ1v) is 5.63. The molecule has 0 aromatic heterocycles. The van der Waals surface area contributed by atoms with Crippen LogP contribution in [0, 0.1) is 10.1 Å². The van der Waals surface area contributed by atoms with Crippen LogP contribution in [0.3, 0.4) is 0 Å². The number of nitrogens with one attached hydrogen (secondary N) is 1. The highest BCUT2D eigenvalue weighted by atomic mass is 16.7. The number of ether oxygens (including phenoxy) is 1. The Morgan fingerprint density at radius 1 is 1.30 bits per heavy atom. The van der Waals surface area contributed by atoms with Crippen LogP contribution < -0.4 is 5.48 Å². The molecule has 20 heavy (non-hydrogen) atoms. The lowest BCUT2D eigenvalue weighted by Crippen LogP contribution is -2.34. The van der Waals surface area contributed by atoms with Crippen LogP contribution in [0.5, 0.6) is 0 Å². The number of benzene rings is 1. The Balaban J connectivity index is 2.61. The maximum absolute atomic E-state index is 11.6. The molecule has 0 saturated carbocycles. The van der Waals surface area contributed by atoms with Gasteiger partial charge < -0.3 is 9.57 Å². The summed E-state index contributed by atoms with van der Waals surface area (Å²) in [4.78, 5) is 37.2. The molecule has 1 N–H and O–H groups in total. The number of nitro groups is 1. The van der Waals surface area contributed by atoms with Gasteiger partial charge in [-0.05, 0) is 26.8 Å². The largest absolute Gasteiger partial charge is 0.442 e. The van der Waals surface area contributed by atoms with Gasteiger partial charge in [0.25, 0.3) is 5.69 Å². The van der Waals surface area contributed by atoms with Gasteiger partial charge in [-0.25, -0.2) is 9.59 Å². The third-order valence-corrected chi connectivity index (χ3v) is 1.92. The lowest BCUT2D eigenvalue weighted by atomic mass is 10.2. The molecule has 0 spiro atoms. The van der Waals surface area contributed by atoms with Crippen LogP contribution >= 0.6 is 0 Å². The Hall–Kier alpha value is -2.64. The summed E-state index contributed by atoms with van der Waals surface area (Å²) >= 11 is 0. The van der Waals surface area contributed by atoms with E-state index in [9.17, 15) is 19.7 Å². The SMILES string of the molecule is CC(C)(C)OC(=O)NOC(=O)c1cccc([N+](=O)[O-])c1. The first-order valence-electron chi connectivity index (χ1n) is 5.63. The minimum Gasteiger partial charge on any atom is -0.442 e. The van der Waals surface area contributed by atoms with Crippen molar-refractivity contribution in [1.29, 1.82) is 0 Å². The average Bonchev–Trinajstić information content (AvgIpc) is 2.34. The normalized spacial score (nSPS) is 10.6. The molecule has 0 atom stereocenters. The Morgan fingerprint density at radius 2 is 1.95 bits per heavy atom. The lowest BCUT2D eigenvalue weighted by Gasteiger charge is -2.19.